The summed E-state index contributed by atoms with van der Waals surface area (Å²) in [4.78, 5) is 17.9. The Bertz CT molecular complexity index is 803. The Balaban J connectivity index is 2.22. The van der Waals surface area contributed by atoms with Gasteiger partial charge < -0.3 is 0 Å². The molecule has 3 heteroatoms. The molecule has 0 unspecified atom stereocenters. The highest BCUT2D eigenvalue weighted by Gasteiger charge is 2.14. The Morgan fingerprint density at radius 1 is 1.14 bits per heavy atom. The topological polar surface area (TPSA) is 30.0 Å². The van der Waals surface area contributed by atoms with Crippen LogP contribution in [-0.2, 0) is 0 Å². The van der Waals surface area contributed by atoms with Crippen molar-refractivity contribution in [3.8, 4) is 10.4 Å². The van der Waals surface area contributed by atoms with E-state index in [1.807, 2.05) is 32.0 Å². The van der Waals surface area contributed by atoms with Gasteiger partial charge in [0.2, 0.25) is 0 Å². The first kappa shape index (κ1) is 14.0. The number of rotatable bonds is 3. The van der Waals surface area contributed by atoms with Gasteiger partial charge in [-0.25, -0.2) is 4.98 Å². The Hall–Kier alpha value is -2.00. The predicted octanol–water partition coefficient (Wildman–Crippen LogP) is 5.11. The molecule has 0 saturated carbocycles. The molecule has 21 heavy (non-hydrogen) atoms. The zero-order chi connectivity index (χ0) is 15.0. The quantitative estimate of drug-likeness (QED) is 0.628. The molecule has 3 rings (SSSR count). The molecule has 2 aromatic heterocycles. The van der Waals surface area contributed by atoms with Gasteiger partial charge in [0.25, 0.3) is 0 Å². The number of ketones is 1. The average Bonchev–Trinajstić information content (AvgIpc) is 2.99. The van der Waals surface area contributed by atoms with E-state index in [9.17, 15) is 4.79 Å². The van der Waals surface area contributed by atoms with Crippen LogP contribution in [0.4, 0.5) is 0 Å². The van der Waals surface area contributed by atoms with Crippen molar-refractivity contribution < 1.29 is 4.79 Å². The summed E-state index contributed by atoms with van der Waals surface area (Å²) < 4.78 is 0. The first-order valence-corrected chi connectivity index (χ1v) is 7.94. The van der Waals surface area contributed by atoms with E-state index in [0.717, 1.165) is 10.9 Å². The number of pyridine rings is 1. The Labute approximate surface area is 128 Å². The van der Waals surface area contributed by atoms with Crippen molar-refractivity contribution in [2.75, 3.05) is 0 Å². The number of hydrogen-bond donors (Lipinski definition) is 0. The molecule has 0 amide bonds. The lowest BCUT2D eigenvalue weighted by atomic mass is 9.99. The molecule has 0 aliphatic heterocycles. The van der Waals surface area contributed by atoms with Crippen LogP contribution in [0.25, 0.3) is 21.3 Å². The molecule has 2 nitrogen and oxygen atoms in total. The third-order valence-corrected chi connectivity index (χ3v) is 4.51. The van der Waals surface area contributed by atoms with E-state index in [2.05, 4.69) is 35.5 Å². The fourth-order valence-corrected chi connectivity index (χ4v) is 3.34. The SMILES string of the molecule is Cc1ccc2nc(C(=O)C(C)C)ccc2c1-c1cccs1. The lowest BCUT2D eigenvalue weighted by molar-refractivity contribution is 0.0935. The van der Waals surface area contributed by atoms with E-state index >= 15 is 0 Å². The number of nitrogens with zero attached hydrogens (tertiary/aromatic N) is 1. The summed E-state index contributed by atoms with van der Waals surface area (Å²) in [6.07, 6.45) is 0. The van der Waals surface area contributed by atoms with Gasteiger partial charge >= 0.3 is 0 Å². The predicted molar refractivity (Wildman–Crippen MR) is 89.0 cm³/mol. The monoisotopic (exact) mass is 295 g/mol. The van der Waals surface area contributed by atoms with Gasteiger partial charge in [-0.15, -0.1) is 11.3 Å². The maximum Gasteiger partial charge on any atom is 0.183 e. The fraction of sp³-hybridized carbons (Fsp3) is 0.222. The molecule has 0 bridgehead atoms. The van der Waals surface area contributed by atoms with Gasteiger partial charge in [0, 0.05) is 21.7 Å². The minimum Gasteiger partial charge on any atom is -0.292 e. The largest absolute Gasteiger partial charge is 0.292 e. The van der Waals surface area contributed by atoms with Crippen LogP contribution in [0.3, 0.4) is 0 Å². The van der Waals surface area contributed by atoms with E-state index in [0.29, 0.717) is 5.69 Å². The summed E-state index contributed by atoms with van der Waals surface area (Å²) in [5.74, 6) is 0.0623. The third kappa shape index (κ3) is 2.49. The van der Waals surface area contributed by atoms with Gasteiger partial charge in [-0.2, -0.15) is 0 Å². The first-order chi connectivity index (χ1) is 10.1. The summed E-state index contributed by atoms with van der Waals surface area (Å²) in [5, 5.41) is 3.19. The number of Topliss-reactive ketones (excluding diaryl/α,β-unsaturated/α-hetero) is 1. The number of benzene rings is 1. The molecule has 0 aliphatic rings. The second-order valence-corrected chi connectivity index (χ2v) is 6.46. The summed E-state index contributed by atoms with van der Waals surface area (Å²) >= 11 is 1.73. The maximum absolute atomic E-state index is 12.1. The fourth-order valence-electron chi connectivity index (χ4n) is 2.49. The van der Waals surface area contributed by atoms with Crippen molar-refractivity contribution in [3.05, 3.63) is 53.0 Å². The average molecular weight is 295 g/mol. The molecule has 106 valence electrons. The molecule has 0 fully saturated rings. The molecule has 0 N–H and O–H groups in total. The molecule has 0 aliphatic carbocycles. The van der Waals surface area contributed by atoms with Crippen LogP contribution in [0.15, 0.2) is 41.8 Å². The lowest BCUT2D eigenvalue weighted by Crippen LogP contribution is -2.09. The lowest BCUT2D eigenvalue weighted by Gasteiger charge is -2.10. The highest BCUT2D eigenvalue weighted by molar-refractivity contribution is 7.13. The van der Waals surface area contributed by atoms with Crippen LogP contribution in [0.2, 0.25) is 0 Å². The minimum atomic E-state index is -0.0304. The number of thiophene rings is 1. The van der Waals surface area contributed by atoms with Crippen molar-refractivity contribution in [3.63, 3.8) is 0 Å². The molecular formula is C18H17NOS. The van der Waals surface area contributed by atoms with Crippen molar-refractivity contribution in [2.45, 2.75) is 20.8 Å². The molecule has 0 saturated heterocycles. The second kappa shape index (κ2) is 5.41. The van der Waals surface area contributed by atoms with Crippen molar-refractivity contribution >= 4 is 28.0 Å². The van der Waals surface area contributed by atoms with Gasteiger partial charge in [-0.1, -0.05) is 26.0 Å². The van der Waals surface area contributed by atoms with Gasteiger partial charge in [0.15, 0.2) is 5.78 Å². The number of fused-ring (bicyclic) bond motifs is 1. The van der Waals surface area contributed by atoms with Gasteiger partial charge in [-0.05, 0) is 42.1 Å². The highest BCUT2D eigenvalue weighted by Crippen LogP contribution is 2.34. The van der Waals surface area contributed by atoms with Crippen LogP contribution in [-0.4, -0.2) is 10.8 Å². The minimum absolute atomic E-state index is 0.0304. The standard InChI is InChI=1S/C18H17NOS/c1-11(2)18(20)15-9-7-13-14(19-15)8-6-12(3)17(13)16-5-4-10-21-16/h4-11H,1-3H3. The smallest absolute Gasteiger partial charge is 0.183 e. The molecule has 0 spiro atoms. The van der Waals surface area contributed by atoms with E-state index in [4.69, 9.17) is 0 Å². The van der Waals surface area contributed by atoms with Crippen LogP contribution < -0.4 is 0 Å². The summed E-state index contributed by atoms with van der Waals surface area (Å²) in [7, 11) is 0. The number of aryl methyl sites for hydroxylation is 1. The molecule has 2 heterocycles. The van der Waals surface area contributed by atoms with Gasteiger partial charge in [0.05, 0.1) is 5.52 Å². The van der Waals surface area contributed by atoms with E-state index in [1.54, 1.807) is 11.3 Å². The first-order valence-electron chi connectivity index (χ1n) is 7.06. The Kier molecular flexibility index (Phi) is 3.60. The van der Waals surface area contributed by atoms with Crippen molar-refractivity contribution in [2.24, 2.45) is 5.92 Å². The number of hydrogen-bond acceptors (Lipinski definition) is 3. The number of carbonyl (C=O) groups is 1. The Morgan fingerprint density at radius 2 is 1.95 bits per heavy atom. The van der Waals surface area contributed by atoms with Gasteiger partial charge in [-0.3, -0.25) is 4.79 Å². The number of carbonyl (C=O) groups excluding carboxylic acids is 1. The van der Waals surface area contributed by atoms with Gasteiger partial charge in [0.1, 0.15) is 5.69 Å². The molecule has 0 radical (unpaired) electrons. The zero-order valence-electron chi connectivity index (χ0n) is 12.4. The zero-order valence-corrected chi connectivity index (χ0v) is 13.2. The van der Waals surface area contributed by atoms with Crippen LogP contribution >= 0.6 is 11.3 Å². The highest BCUT2D eigenvalue weighted by atomic mass is 32.1. The van der Waals surface area contributed by atoms with Crippen LogP contribution in [0.5, 0.6) is 0 Å². The van der Waals surface area contributed by atoms with E-state index < -0.39 is 0 Å². The van der Waals surface area contributed by atoms with Crippen LogP contribution in [0, 0.1) is 12.8 Å². The van der Waals surface area contributed by atoms with E-state index in [-0.39, 0.29) is 11.7 Å². The van der Waals surface area contributed by atoms with Crippen molar-refractivity contribution in [1.82, 2.24) is 4.98 Å². The van der Waals surface area contributed by atoms with Crippen molar-refractivity contribution in [1.29, 1.82) is 0 Å². The summed E-state index contributed by atoms with van der Waals surface area (Å²) in [6.45, 7) is 5.92. The molecule has 3 aromatic rings. The molecular weight excluding hydrogens is 278 g/mol. The van der Waals surface area contributed by atoms with Crippen LogP contribution in [0.1, 0.15) is 29.9 Å². The number of aromatic nitrogens is 1. The van der Waals surface area contributed by atoms with E-state index in [1.165, 1.54) is 16.0 Å². The Morgan fingerprint density at radius 3 is 2.62 bits per heavy atom. The summed E-state index contributed by atoms with van der Waals surface area (Å²) in [6, 6.07) is 12.1. The maximum atomic E-state index is 12.1. The second-order valence-electron chi connectivity index (χ2n) is 5.52. The third-order valence-electron chi connectivity index (χ3n) is 3.62. The molecule has 1 aromatic carbocycles. The normalized spacial score (nSPS) is 11.2. The summed E-state index contributed by atoms with van der Waals surface area (Å²) in [5.41, 5.74) is 3.89. The molecule has 0 atom stereocenters.